The summed E-state index contributed by atoms with van der Waals surface area (Å²) in [5.74, 6) is -1.14. The third-order valence-electron chi connectivity index (χ3n) is 9.92. The number of aliphatic hydroxyl groups is 1. The van der Waals surface area contributed by atoms with Crippen LogP contribution in [0.25, 0.3) is 0 Å². The van der Waals surface area contributed by atoms with Crippen molar-refractivity contribution in [2.45, 2.75) is 48.8 Å². The number of anilines is 1. The third-order valence-corrected chi connectivity index (χ3v) is 12.0. The maximum Gasteiger partial charge on any atom is 0.244 e. The van der Waals surface area contributed by atoms with Gasteiger partial charge in [-0.25, -0.2) is 0 Å². The van der Waals surface area contributed by atoms with Crippen molar-refractivity contribution in [3.05, 3.63) is 60.2 Å². The van der Waals surface area contributed by atoms with E-state index in [2.05, 4.69) is 22.5 Å². The maximum absolute atomic E-state index is 14.6. The Kier molecular flexibility index (Phi) is 9.70. The Labute approximate surface area is 269 Å². The van der Waals surface area contributed by atoms with Crippen molar-refractivity contribution in [3.8, 4) is 5.75 Å². The van der Waals surface area contributed by atoms with Crippen molar-refractivity contribution in [2.24, 2.45) is 17.8 Å². The summed E-state index contributed by atoms with van der Waals surface area (Å²) in [5.41, 5.74) is 1.61. The van der Waals surface area contributed by atoms with Gasteiger partial charge >= 0.3 is 0 Å². The SMILES string of the molecule is CCOc1ccc(NC(=O)[C@@H]2[C@H]3C(=O)N([C@@H](CO)Cc4ccccc4)C(C(=O)NCCN4CCOCC4)C34S[C@@H]2CC4C)cc1. The number of benzene rings is 2. The number of thioether (sulfide) groups is 1. The van der Waals surface area contributed by atoms with Crippen LogP contribution in [0, 0.1) is 17.8 Å². The van der Waals surface area contributed by atoms with Crippen molar-refractivity contribution in [2.75, 3.05) is 57.9 Å². The highest BCUT2D eigenvalue weighted by Gasteiger charge is 2.76. The molecule has 2 aromatic carbocycles. The first-order valence-corrected chi connectivity index (χ1v) is 17.0. The molecule has 4 aliphatic heterocycles. The lowest BCUT2D eigenvalue weighted by molar-refractivity contribution is -0.142. The molecule has 4 saturated heterocycles. The molecule has 11 heteroatoms. The fourth-order valence-electron chi connectivity index (χ4n) is 7.87. The second-order valence-corrected chi connectivity index (χ2v) is 14.1. The van der Waals surface area contributed by atoms with Gasteiger partial charge in [-0.3, -0.25) is 19.3 Å². The van der Waals surface area contributed by atoms with Crippen molar-refractivity contribution in [1.82, 2.24) is 15.1 Å². The monoisotopic (exact) mass is 636 g/mol. The molecule has 45 heavy (non-hydrogen) atoms. The first kappa shape index (κ1) is 31.8. The average molecular weight is 637 g/mol. The van der Waals surface area contributed by atoms with Crippen LogP contribution in [0.15, 0.2) is 54.6 Å². The van der Waals surface area contributed by atoms with Crippen molar-refractivity contribution in [3.63, 3.8) is 0 Å². The van der Waals surface area contributed by atoms with Gasteiger partial charge in [0.2, 0.25) is 17.7 Å². The number of hydrogen-bond donors (Lipinski definition) is 3. The van der Waals surface area contributed by atoms with E-state index < -0.39 is 28.7 Å². The first-order chi connectivity index (χ1) is 21.9. The van der Waals surface area contributed by atoms with Crippen LogP contribution in [0.5, 0.6) is 5.75 Å². The van der Waals surface area contributed by atoms with E-state index in [1.807, 2.05) is 49.4 Å². The molecule has 6 rings (SSSR count). The van der Waals surface area contributed by atoms with E-state index in [4.69, 9.17) is 9.47 Å². The number of rotatable bonds is 12. The minimum Gasteiger partial charge on any atom is -0.494 e. The molecule has 242 valence electrons. The quantitative estimate of drug-likeness (QED) is 0.325. The predicted molar refractivity (Wildman–Crippen MR) is 173 cm³/mol. The Hall–Kier alpha value is -3.12. The first-order valence-electron chi connectivity index (χ1n) is 16.1. The molecule has 3 unspecified atom stereocenters. The molecular weight excluding hydrogens is 592 g/mol. The summed E-state index contributed by atoms with van der Waals surface area (Å²) in [6.07, 6.45) is 1.15. The highest BCUT2D eigenvalue weighted by molar-refractivity contribution is 8.02. The van der Waals surface area contributed by atoms with Crippen LogP contribution in [0.4, 0.5) is 5.69 Å². The average Bonchev–Trinajstić information content (AvgIpc) is 3.65. The number of carbonyl (C=O) groups is 3. The number of hydrogen-bond acceptors (Lipinski definition) is 8. The number of nitrogens with zero attached hydrogens (tertiary/aromatic N) is 2. The molecule has 4 heterocycles. The highest BCUT2D eigenvalue weighted by atomic mass is 32.2. The van der Waals surface area contributed by atoms with Gasteiger partial charge in [0.1, 0.15) is 11.8 Å². The molecule has 2 bridgehead atoms. The van der Waals surface area contributed by atoms with Gasteiger partial charge in [-0.15, -0.1) is 11.8 Å². The predicted octanol–water partition coefficient (Wildman–Crippen LogP) is 2.41. The fourth-order valence-corrected chi connectivity index (χ4v) is 10.3. The molecule has 4 fully saturated rings. The van der Waals surface area contributed by atoms with E-state index in [0.29, 0.717) is 45.0 Å². The third kappa shape index (κ3) is 6.07. The Bertz CT molecular complexity index is 1360. The molecular formula is C34H44N4O6S. The molecule has 3 amide bonds. The summed E-state index contributed by atoms with van der Waals surface area (Å²) in [7, 11) is 0. The van der Waals surface area contributed by atoms with Crippen LogP contribution in [-0.2, 0) is 25.5 Å². The lowest BCUT2D eigenvalue weighted by Crippen LogP contribution is -2.59. The number of aliphatic hydroxyl groups excluding tert-OH is 1. The minimum atomic E-state index is -0.797. The van der Waals surface area contributed by atoms with Gasteiger partial charge in [-0.05, 0) is 55.5 Å². The molecule has 7 atom stereocenters. The summed E-state index contributed by atoms with van der Waals surface area (Å²) in [6.45, 7) is 8.42. The number of likely N-dealkylation sites (tertiary alicyclic amines) is 1. The highest BCUT2D eigenvalue weighted by Crippen LogP contribution is 2.68. The molecule has 10 nitrogen and oxygen atoms in total. The topological polar surface area (TPSA) is 120 Å². The Morgan fingerprint density at radius 1 is 1.11 bits per heavy atom. The molecule has 0 radical (unpaired) electrons. The molecule has 0 aliphatic carbocycles. The van der Waals surface area contributed by atoms with Gasteiger partial charge in [-0.1, -0.05) is 37.3 Å². The summed E-state index contributed by atoms with van der Waals surface area (Å²) in [4.78, 5) is 46.8. The van der Waals surface area contributed by atoms with Crippen molar-refractivity contribution >= 4 is 35.2 Å². The van der Waals surface area contributed by atoms with E-state index in [1.54, 1.807) is 28.8 Å². The van der Waals surface area contributed by atoms with E-state index in [9.17, 15) is 19.5 Å². The van der Waals surface area contributed by atoms with E-state index in [0.717, 1.165) is 30.8 Å². The van der Waals surface area contributed by atoms with Crippen molar-refractivity contribution < 1.29 is 29.0 Å². The molecule has 2 aromatic rings. The lowest BCUT2D eigenvalue weighted by Gasteiger charge is -2.40. The van der Waals surface area contributed by atoms with Gasteiger partial charge in [0.05, 0.1) is 49.1 Å². The second-order valence-electron chi connectivity index (χ2n) is 12.5. The Morgan fingerprint density at radius 2 is 1.84 bits per heavy atom. The molecule has 0 aromatic heterocycles. The minimum absolute atomic E-state index is 0.0343. The van der Waals surface area contributed by atoms with Gasteiger partial charge in [-0.2, -0.15) is 0 Å². The zero-order chi connectivity index (χ0) is 31.6. The van der Waals surface area contributed by atoms with Gasteiger partial charge in [0, 0.05) is 37.1 Å². The van der Waals surface area contributed by atoms with Crippen LogP contribution >= 0.6 is 11.8 Å². The smallest absolute Gasteiger partial charge is 0.244 e. The van der Waals surface area contributed by atoms with Crippen LogP contribution in [0.1, 0.15) is 25.8 Å². The van der Waals surface area contributed by atoms with Crippen LogP contribution < -0.4 is 15.4 Å². The van der Waals surface area contributed by atoms with Crippen molar-refractivity contribution in [1.29, 1.82) is 0 Å². The molecule has 0 saturated carbocycles. The van der Waals surface area contributed by atoms with Crippen LogP contribution in [0.3, 0.4) is 0 Å². The largest absolute Gasteiger partial charge is 0.494 e. The zero-order valence-corrected chi connectivity index (χ0v) is 26.8. The number of amides is 3. The van der Waals surface area contributed by atoms with E-state index in [-0.39, 0.29) is 35.5 Å². The number of nitrogens with one attached hydrogen (secondary N) is 2. The standard InChI is InChI=1S/C34H44N4O6S/c1-3-44-26-11-9-24(10-12-26)36-31(40)28-27-19-22(2)34(45-27)29(28)33(42)38(25(21-39)20-23-7-5-4-6-8-23)30(34)32(41)35-13-14-37-15-17-43-18-16-37/h4-12,22,25,27-30,39H,3,13-21H2,1-2H3,(H,35,41)(H,36,40)/t22?,25-,27-,28+,29+,30?,34?/m1/s1. The van der Waals surface area contributed by atoms with Crippen LogP contribution in [0.2, 0.25) is 0 Å². The number of carbonyl (C=O) groups excluding carboxylic acids is 3. The summed E-state index contributed by atoms with van der Waals surface area (Å²) in [6, 6.07) is 15.6. The Balaban J connectivity index is 1.28. The Morgan fingerprint density at radius 3 is 2.53 bits per heavy atom. The van der Waals surface area contributed by atoms with Gasteiger partial charge < -0.3 is 30.1 Å². The number of fused-ring (bicyclic) bond motifs is 1. The van der Waals surface area contributed by atoms with Gasteiger partial charge in [0.15, 0.2) is 0 Å². The zero-order valence-electron chi connectivity index (χ0n) is 26.0. The fraction of sp³-hybridized carbons (Fsp3) is 0.559. The number of ether oxygens (including phenoxy) is 2. The van der Waals surface area contributed by atoms with E-state index in [1.165, 1.54) is 0 Å². The van der Waals surface area contributed by atoms with Crippen LogP contribution in [-0.4, -0.2) is 107 Å². The summed E-state index contributed by atoms with van der Waals surface area (Å²) >= 11 is 1.64. The molecule has 3 N–H and O–H groups in total. The second kappa shape index (κ2) is 13.7. The summed E-state index contributed by atoms with van der Waals surface area (Å²) in [5, 5.41) is 16.8. The normalized spacial score (nSPS) is 29.8. The summed E-state index contributed by atoms with van der Waals surface area (Å²) < 4.78 is 10.2. The molecule has 1 spiro atoms. The maximum atomic E-state index is 14.6. The lowest BCUT2D eigenvalue weighted by atomic mass is 9.66. The molecule has 4 aliphatic rings. The van der Waals surface area contributed by atoms with E-state index >= 15 is 0 Å². The van der Waals surface area contributed by atoms with Gasteiger partial charge in [0.25, 0.3) is 0 Å². The number of morpholine rings is 1.